The number of methoxy groups -OCH3 is 1. The lowest BCUT2D eigenvalue weighted by atomic mass is 10.2. The van der Waals surface area contributed by atoms with Crippen LogP contribution in [0.2, 0.25) is 0 Å². The molecule has 1 heterocycles. The standard InChI is InChI=1S/C18H17N3O4/c1-11-5-4-6-15-16(11)19-18(21-20-15)25-14-9-7-13(8-10-14)24-12(2)17(22)23-3/h4-10,12H,1-3H3. The minimum atomic E-state index is -0.687. The monoisotopic (exact) mass is 339 g/mol. The van der Waals surface area contributed by atoms with Gasteiger partial charge in [0.15, 0.2) is 6.10 Å². The van der Waals surface area contributed by atoms with Gasteiger partial charge in [0.1, 0.15) is 17.0 Å². The Kier molecular flexibility index (Phi) is 4.74. The average molecular weight is 339 g/mol. The number of ether oxygens (including phenoxy) is 3. The van der Waals surface area contributed by atoms with Gasteiger partial charge in [-0.2, -0.15) is 4.98 Å². The van der Waals surface area contributed by atoms with Crippen LogP contribution in [0, 0.1) is 6.92 Å². The lowest BCUT2D eigenvalue weighted by Gasteiger charge is -2.12. The zero-order chi connectivity index (χ0) is 17.8. The first kappa shape index (κ1) is 16.6. The smallest absolute Gasteiger partial charge is 0.346 e. The molecule has 0 saturated carbocycles. The van der Waals surface area contributed by atoms with Crippen molar-refractivity contribution in [1.29, 1.82) is 0 Å². The van der Waals surface area contributed by atoms with Crippen molar-refractivity contribution in [3.63, 3.8) is 0 Å². The number of aromatic nitrogens is 3. The number of carbonyl (C=O) groups excluding carboxylic acids is 1. The largest absolute Gasteiger partial charge is 0.479 e. The van der Waals surface area contributed by atoms with Crippen LogP contribution in [0.1, 0.15) is 12.5 Å². The molecule has 0 aliphatic heterocycles. The SMILES string of the molecule is COC(=O)C(C)Oc1ccc(Oc2nnc3cccc(C)c3n2)cc1. The lowest BCUT2D eigenvalue weighted by Crippen LogP contribution is -2.24. The molecule has 0 bridgehead atoms. The molecule has 1 aromatic heterocycles. The van der Waals surface area contributed by atoms with E-state index in [-0.39, 0.29) is 6.01 Å². The molecule has 0 aliphatic carbocycles. The Hall–Kier alpha value is -3.22. The van der Waals surface area contributed by atoms with E-state index in [1.807, 2.05) is 25.1 Å². The van der Waals surface area contributed by atoms with E-state index in [1.54, 1.807) is 31.2 Å². The van der Waals surface area contributed by atoms with Crippen LogP contribution in [0.25, 0.3) is 11.0 Å². The summed E-state index contributed by atoms with van der Waals surface area (Å²) in [5.74, 6) is 0.623. The fourth-order valence-corrected chi connectivity index (χ4v) is 2.24. The van der Waals surface area contributed by atoms with Gasteiger partial charge >= 0.3 is 12.0 Å². The molecule has 1 atom stereocenters. The molecule has 7 heteroatoms. The zero-order valence-electron chi connectivity index (χ0n) is 14.1. The number of rotatable bonds is 5. The summed E-state index contributed by atoms with van der Waals surface area (Å²) in [5, 5.41) is 8.08. The Balaban J connectivity index is 1.73. The molecular formula is C18H17N3O4. The first-order chi connectivity index (χ1) is 12.1. The number of hydrogen-bond acceptors (Lipinski definition) is 7. The Morgan fingerprint density at radius 2 is 1.76 bits per heavy atom. The Bertz CT molecular complexity index is 896. The van der Waals surface area contributed by atoms with E-state index >= 15 is 0 Å². The van der Waals surface area contributed by atoms with Crippen molar-refractivity contribution < 1.29 is 19.0 Å². The van der Waals surface area contributed by atoms with Gasteiger partial charge in [0.25, 0.3) is 0 Å². The summed E-state index contributed by atoms with van der Waals surface area (Å²) < 4.78 is 15.7. The van der Waals surface area contributed by atoms with Crippen LogP contribution in [0.5, 0.6) is 17.5 Å². The Labute approximate surface area is 144 Å². The first-order valence-electron chi connectivity index (χ1n) is 7.69. The van der Waals surface area contributed by atoms with E-state index in [0.29, 0.717) is 17.0 Å². The Morgan fingerprint density at radius 3 is 2.48 bits per heavy atom. The van der Waals surface area contributed by atoms with E-state index in [0.717, 1.165) is 11.1 Å². The van der Waals surface area contributed by atoms with Gasteiger partial charge in [-0.25, -0.2) is 4.79 Å². The van der Waals surface area contributed by atoms with Crippen molar-refractivity contribution in [3.8, 4) is 17.5 Å². The normalized spacial score (nSPS) is 11.8. The summed E-state index contributed by atoms with van der Waals surface area (Å²) in [4.78, 5) is 15.8. The van der Waals surface area contributed by atoms with E-state index in [4.69, 9.17) is 9.47 Å². The second-order valence-electron chi connectivity index (χ2n) is 5.39. The first-order valence-corrected chi connectivity index (χ1v) is 7.69. The molecule has 0 radical (unpaired) electrons. The fraction of sp³-hybridized carbons (Fsp3) is 0.222. The van der Waals surface area contributed by atoms with Crippen LogP contribution >= 0.6 is 0 Å². The third kappa shape index (κ3) is 3.82. The van der Waals surface area contributed by atoms with Crippen LogP contribution in [0.3, 0.4) is 0 Å². The van der Waals surface area contributed by atoms with Crippen LogP contribution in [-0.4, -0.2) is 34.4 Å². The van der Waals surface area contributed by atoms with Gasteiger partial charge in [0.2, 0.25) is 0 Å². The van der Waals surface area contributed by atoms with Crippen LogP contribution in [0.15, 0.2) is 42.5 Å². The third-order valence-corrected chi connectivity index (χ3v) is 3.55. The van der Waals surface area contributed by atoms with Crippen molar-refractivity contribution in [1.82, 2.24) is 15.2 Å². The van der Waals surface area contributed by atoms with Gasteiger partial charge in [-0.1, -0.05) is 17.2 Å². The summed E-state index contributed by atoms with van der Waals surface area (Å²) in [6, 6.07) is 12.6. The van der Waals surface area contributed by atoms with Crippen molar-refractivity contribution >= 4 is 17.0 Å². The van der Waals surface area contributed by atoms with Crippen molar-refractivity contribution in [2.75, 3.05) is 7.11 Å². The summed E-state index contributed by atoms with van der Waals surface area (Å²) in [6.45, 7) is 3.57. The topological polar surface area (TPSA) is 83.4 Å². The van der Waals surface area contributed by atoms with Crippen molar-refractivity contribution in [3.05, 3.63) is 48.0 Å². The predicted octanol–water partition coefficient (Wildman–Crippen LogP) is 3.07. The third-order valence-electron chi connectivity index (χ3n) is 3.55. The van der Waals surface area contributed by atoms with Gasteiger partial charge < -0.3 is 14.2 Å². The molecule has 0 fully saturated rings. The molecule has 3 aromatic rings. The minimum absolute atomic E-state index is 0.165. The summed E-state index contributed by atoms with van der Waals surface area (Å²) in [7, 11) is 1.32. The number of fused-ring (bicyclic) bond motifs is 1. The highest BCUT2D eigenvalue weighted by Crippen LogP contribution is 2.23. The molecule has 3 rings (SSSR count). The molecule has 25 heavy (non-hydrogen) atoms. The highest BCUT2D eigenvalue weighted by Gasteiger charge is 2.14. The molecule has 0 saturated heterocycles. The highest BCUT2D eigenvalue weighted by molar-refractivity contribution is 5.77. The molecule has 0 amide bonds. The van der Waals surface area contributed by atoms with Crippen LogP contribution < -0.4 is 9.47 Å². The van der Waals surface area contributed by atoms with Gasteiger partial charge in [0.05, 0.1) is 12.6 Å². The number of esters is 1. The minimum Gasteiger partial charge on any atom is -0.479 e. The predicted molar refractivity (Wildman–Crippen MR) is 90.7 cm³/mol. The average Bonchev–Trinajstić information content (AvgIpc) is 2.63. The molecule has 0 N–H and O–H groups in total. The highest BCUT2D eigenvalue weighted by atomic mass is 16.6. The quantitative estimate of drug-likeness (QED) is 0.661. The summed E-state index contributed by atoms with van der Waals surface area (Å²) in [6.07, 6.45) is -0.687. The molecule has 0 spiro atoms. The number of para-hydroxylation sites is 1. The van der Waals surface area contributed by atoms with E-state index in [9.17, 15) is 4.79 Å². The second-order valence-corrected chi connectivity index (χ2v) is 5.39. The molecule has 7 nitrogen and oxygen atoms in total. The van der Waals surface area contributed by atoms with E-state index in [1.165, 1.54) is 7.11 Å². The molecule has 1 unspecified atom stereocenters. The number of hydrogen-bond donors (Lipinski definition) is 0. The van der Waals surface area contributed by atoms with E-state index < -0.39 is 12.1 Å². The van der Waals surface area contributed by atoms with Gasteiger partial charge in [0, 0.05) is 0 Å². The lowest BCUT2D eigenvalue weighted by molar-refractivity contribution is -0.147. The number of nitrogens with zero attached hydrogens (tertiary/aromatic N) is 3. The number of carbonyl (C=O) groups is 1. The molecular weight excluding hydrogens is 322 g/mol. The Morgan fingerprint density at radius 1 is 1.04 bits per heavy atom. The number of aryl methyl sites for hydroxylation is 1. The maximum absolute atomic E-state index is 11.4. The van der Waals surface area contributed by atoms with Crippen LogP contribution in [0.4, 0.5) is 0 Å². The molecule has 2 aromatic carbocycles. The number of benzene rings is 2. The maximum Gasteiger partial charge on any atom is 0.346 e. The van der Waals surface area contributed by atoms with Gasteiger partial charge in [-0.3, -0.25) is 0 Å². The summed E-state index contributed by atoms with van der Waals surface area (Å²) >= 11 is 0. The van der Waals surface area contributed by atoms with Gasteiger partial charge in [-0.05, 0) is 49.7 Å². The fourth-order valence-electron chi connectivity index (χ4n) is 2.24. The van der Waals surface area contributed by atoms with E-state index in [2.05, 4.69) is 19.9 Å². The van der Waals surface area contributed by atoms with Crippen molar-refractivity contribution in [2.45, 2.75) is 20.0 Å². The van der Waals surface area contributed by atoms with Crippen molar-refractivity contribution in [2.24, 2.45) is 0 Å². The summed E-state index contributed by atoms with van der Waals surface area (Å²) in [5.41, 5.74) is 2.46. The van der Waals surface area contributed by atoms with Gasteiger partial charge in [-0.15, -0.1) is 5.10 Å². The molecule has 128 valence electrons. The second kappa shape index (κ2) is 7.12. The van der Waals surface area contributed by atoms with Crippen LogP contribution in [-0.2, 0) is 9.53 Å². The maximum atomic E-state index is 11.4. The zero-order valence-corrected chi connectivity index (χ0v) is 14.1. The molecule has 0 aliphatic rings.